The van der Waals surface area contributed by atoms with Crippen LogP contribution >= 0.6 is 0 Å². The highest BCUT2D eigenvalue weighted by Gasteiger charge is 1.89. The molecule has 0 amide bonds. The Morgan fingerprint density at radius 3 is 1.50 bits per heavy atom. The molecule has 4 nitrogen and oxygen atoms in total. The Morgan fingerprint density at radius 2 is 1.14 bits per heavy atom. The average Bonchev–Trinajstić information content (AvgIpc) is 2.21. The van der Waals surface area contributed by atoms with E-state index in [0.717, 1.165) is 52.2 Å². The van der Waals surface area contributed by atoms with Crippen molar-refractivity contribution in [3.05, 3.63) is 0 Å². The summed E-state index contributed by atoms with van der Waals surface area (Å²) in [5.41, 5.74) is 0. The molecule has 0 fully saturated rings. The van der Waals surface area contributed by atoms with Crippen LogP contribution in [0.1, 0.15) is 12.8 Å². The molecule has 0 aromatic rings. The monoisotopic (exact) mass is 204 g/mol. The summed E-state index contributed by atoms with van der Waals surface area (Å²) in [6.07, 6.45) is 2.17. The third-order valence-corrected chi connectivity index (χ3v) is 1.88. The second kappa shape index (κ2) is 12.8. The maximum Gasteiger partial charge on any atom is 0.0474 e. The van der Waals surface area contributed by atoms with Gasteiger partial charge >= 0.3 is 0 Å². The van der Waals surface area contributed by atoms with Gasteiger partial charge in [-0.3, -0.25) is 0 Å². The van der Waals surface area contributed by atoms with E-state index in [-0.39, 0.29) is 0 Å². The van der Waals surface area contributed by atoms with Gasteiger partial charge in [0.2, 0.25) is 0 Å². The smallest absolute Gasteiger partial charge is 0.0474 e. The lowest BCUT2D eigenvalue weighted by atomic mass is 10.4. The average molecular weight is 204 g/mol. The molecule has 0 radical (unpaired) electrons. The molecule has 4 heteroatoms. The molecular formula is C10H24N2O2. The standard InChI is InChI=1S/C10H24N2O2/c1-13-9-3-5-11-7-8-12-6-4-10-14-2/h11-12H,3-10H2,1-2H3. The topological polar surface area (TPSA) is 42.5 Å². The number of hydrogen-bond donors (Lipinski definition) is 2. The van der Waals surface area contributed by atoms with Gasteiger partial charge in [0.05, 0.1) is 0 Å². The minimum Gasteiger partial charge on any atom is -0.385 e. The molecule has 0 bridgehead atoms. The maximum absolute atomic E-state index is 4.94. The van der Waals surface area contributed by atoms with Gasteiger partial charge in [-0.15, -0.1) is 0 Å². The first-order valence-electron chi connectivity index (χ1n) is 5.31. The van der Waals surface area contributed by atoms with E-state index in [4.69, 9.17) is 9.47 Å². The Bertz CT molecular complexity index is 90.1. The van der Waals surface area contributed by atoms with Crippen LogP contribution in [0.3, 0.4) is 0 Å². The van der Waals surface area contributed by atoms with E-state index in [0.29, 0.717) is 0 Å². The van der Waals surface area contributed by atoms with Gasteiger partial charge in [0.15, 0.2) is 0 Å². The fourth-order valence-corrected chi connectivity index (χ4v) is 1.11. The molecule has 2 N–H and O–H groups in total. The second-order valence-corrected chi connectivity index (χ2v) is 3.19. The molecule has 0 aliphatic carbocycles. The summed E-state index contributed by atoms with van der Waals surface area (Å²) in [6.45, 7) is 5.80. The molecule has 0 rings (SSSR count). The number of nitrogens with one attached hydrogen (secondary N) is 2. The minimum absolute atomic E-state index is 0.842. The van der Waals surface area contributed by atoms with Crippen molar-refractivity contribution in [3.63, 3.8) is 0 Å². The molecule has 14 heavy (non-hydrogen) atoms. The zero-order valence-electron chi connectivity index (χ0n) is 9.47. The first-order chi connectivity index (χ1) is 6.91. The van der Waals surface area contributed by atoms with Crippen molar-refractivity contribution in [3.8, 4) is 0 Å². The van der Waals surface area contributed by atoms with Gasteiger partial charge in [-0.2, -0.15) is 0 Å². The zero-order chi connectivity index (χ0) is 10.5. The maximum atomic E-state index is 4.94. The second-order valence-electron chi connectivity index (χ2n) is 3.19. The van der Waals surface area contributed by atoms with E-state index in [1.807, 2.05) is 0 Å². The van der Waals surface area contributed by atoms with Gasteiger partial charge in [0.1, 0.15) is 0 Å². The number of ether oxygens (including phenoxy) is 2. The number of hydrogen-bond acceptors (Lipinski definition) is 4. The van der Waals surface area contributed by atoms with E-state index in [9.17, 15) is 0 Å². The van der Waals surface area contributed by atoms with E-state index in [1.165, 1.54) is 0 Å². The van der Waals surface area contributed by atoms with Crippen LogP contribution < -0.4 is 10.6 Å². The SMILES string of the molecule is COCCCNCCNCCCOC. The summed E-state index contributed by atoms with van der Waals surface area (Å²) in [6, 6.07) is 0. The predicted octanol–water partition coefficient (Wildman–Crippen LogP) is 0.239. The highest BCUT2D eigenvalue weighted by Crippen LogP contribution is 1.77. The van der Waals surface area contributed by atoms with Crippen LogP contribution in [0.15, 0.2) is 0 Å². The largest absolute Gasteiger partial charge is 0.385 e. The van der Waals surface area contributed by atoms with Crippen LogP contribution in [0.5, 0.6) is 0 Å². The fraction of sp³-hybridized carbons (Fsp3) is 1.00. The van der Waals surface area contributed by atoms with Crippen LogP contribution in [0.2, 0.25) is 0 Å². The lowest BCUT2D eigenvalue weighted by Gasteiger charge is -2.05. The molecule has 0 spiro atoms. The molecule has 0 aliphatic heterocycles. The Morgan fingerprint density at radius 1 is 0.714 bits per heavy atom. The Hall–Kier alpha value is -0.160. The molecular weight excluding hydrogens is 180 g/mol. The normalized spacial score (nSPS) is 10.7. The molecule has 0 saturated heterocycles. The van der Waals surface area contributed by atoms with Gasteiger partial charge in [0.25, 0.3) is 0 Å². The summed E-state index contributed by atoms with van der Waals surface area (Å²) in [5.74, 6) is 0. The van der Waals surface area contributed by atoms with Crippen molar-refractivity contribution < 1.29 is 9.47 Å². The highest BCUT2D eigenvalue weighted by atomic mass is 16.5. The van der Waals surface area contributed by atoms with Gasteiger partial charge in [-0.1, -0.05) is 0 Å². The van der Waals surface area contributed by atoms with Crippen molar-refractivity contribution in [1.82, 2.24) is 10.6 Å². The Balaban J connectivity index is 2.78. The Kier molecular flexibility index (Phi) is 12.7. The van der Waals surface area contributed by atoms with Gasteiger partial charge < -0.3 is 20.1 Å². The molecule has 0 unspecified atom stereocenters. The quantitative estimate of drug-likeness (QED) is 0.473. The zero-order valence-corrected chi connectivity index (χ0v) is 9.47. The van der Waals surface area contributed by atoms with Crippen molar-refractivity contribution in [2.75, 3.05) is 53.6 Å². The van der Waals surface area contributed by atoms with E-state index >= 15 is 0 Å². The summed E-state index contributed by atoms with van der Waals surface area (Å²) >= 11 is 0. The van der Waals surface area contributed by atoms with Crippen LogP contribution in [0, 0.1) is 0 Å². The molecule has 86 valence electrons. The predicted molar refractivity (Wildman–Crippen MR) is 58.7 cm³/mol. The lowest BCUT2D eigenvalue weighted by molar-refractivity contribution is 0.193. The van der Waals surface area contributed by atoms with E-state index in [2.05, 4.69) is 10.6 Å². The number of methoxy groups -OCH3 is 2. The van der Waals surface area contributed by atoms with Crippen molar-refractivity contribution >= 4 is 0 Å². The highest BCUT2D eigenvalue weighted by molar-refractivity contribution is 4.52. The van der Waals surface area contributed by atoms with Crippen LogP contribution in [0.4, 0.5) is 0 Å². The molecule has 0 aromatic carbocycles. The Labute approximate surface area is 87.4 Å². The first-order valence-corrected chi connectivity index (χ1v) is 5.31. The lowest BCUT2D eigenvalue weighted by Crippen LogP contribution is -2.29. The van der Waals surface area contributed by atoms with Crippen LogP contribution in [0.25, 0.3) is 0 Å². The third-order valence-electron chi connectivity index (χ3n) is 1.88. The minimum atomic E-state index is 0.842. The summed E-state index contributed by atoms with van der Waals surface area (Å²) in [5, 5.41) is 6.67. The summed E-state index contributed by atoms with van der Waals surface area (Å²) < 4.78 is 9.89. The summed E-state index contributed by atoms with van der Waals surface area (Å²) in [7, 11) is 3.47. The van der Waals surface area contributed by atoms with E-state index < -0.39 is 0 Å². The molecule has 0 aliphatic rings. The fourth-order valence-electron chi connectivity index (χ4n) is 1.11. The van der Waals surface area contributed by atoms with Crippen LogP contribution in [-0.4, -0.2) is 53.6 Å². The van der Waals surface area contributed by atoms with Crippen molar-refractivity contribution in [2.24, 2.45) is 0 Å². The first kappa shape index (κ1) is 13.8. The summed E-state index contributed by atoms with van der Waals surface area (Å²) in [4.78, 5) is 0. The van der Waals surface area contributed by atoms with Crippen molar-refractivity contribution in [2.45, 2.75) is 12.8 Å². The molecule has 0 heterocycles. The van der Waals surface area contributed by atoms with Gasteiger partial charge in [-0.25, -0.2) is 0 Å². The van der Waals surface area contributed by atoms with Crippen LogP contribution in [-0.2, 0) is 9.47 Å². The van der Waals surface area contributed by atoms with Gasteiger partial charge in [0, 0.05) is 40.5 Å². The molecule has 0 saturated carbocycles. The third kappa shape index (κ3) is 11.8. The number of rotatable bonds is 11. The molecule has 0 atom stereocenters. The van der Waals surface area contributed by atoms with Crippen molar-refractivity contribution in [1.29, 1.82) is 0 Å². The molecule has 0 aromatic heterocycles. The van der Waals surface area contributed by atoms with E-state index in [1.54, 1.807) is 14.2 Å². The van der Waals surface area contributed by atoms with Gasteiger partial charge in [-0.05, 0) is 25.9 Å².